The molecule has 2 atom stereocenters. The third kappa shape index (κ3) is 3.24. The number of rotatable bonds is 6. The molecule has 0 saturated heterocycles. The molecule has 1 heterocycles. The van der Waals surface area contributed by atoms with E-state index in [0.717, 1.165) is 0 Å². The van der Waals surface area contributed by atoms with Gasteiger partial charge in [-0.25, -0.2) is 0 Å². The lowest BCUT2D eigenvalue weighted by molar-refractivity contribution is 0.0225. The van der Waals surface area contributed by atoms with Crippen LogP contribution >= 0.6 is 0 Å². The number of aromatic nitrogens is 1. The van der Waals surface area contributed by atoms with Crippen molar-refractivity contribution >= 4 is 0 Å². The quantitative estimate of drug-likeness (QED) is 0.442. The molecular weight excluding hydrogens is 240 g/mol. The Bertz CT molecular complexity index is 448. The van der Waals surface area contributed by atoms with Crippen molar-refractivity contribution in [3.63, 3.8) is 0 Å². The molecule has 2 N–H and O–H groups in total. The summed E-state index contributed by atoms with van der Waals surface area (Å²) in [6.07, 6.45) is -2.49. The highest BCUT2D eigenvalue weighted by molar-refractivity contribution is 5.33. The Morgan fingerprint density at radius 3 is 2.67 bits per heavy atom. The van der Waals surface area contributed by atoms with Crippen LogP contribution in [0.25, 0.3) is 10.4 Å². The molecule has 1 aromatic rings. The van der Waals surface area contributed by atoms with Gasteiger partial charge in [0.2, 0.25) is 11.8 Å². The average Bonchev–Trinajstić information content (AvgIpc) is 2.43. The van der Waals surface area contributed by atoms with Gasteiger partial charge in [0.05, 0.1) is 26.9 Å². The second-order valence-electron chi connectivity index (χ2n) is 3.38. The number of ether oxygens (including phenoxy) is 2. The first-order valence-electron chi connectivity index (χ1n) is 5.10. The van der Waals surface area contributed by atoms with Crippen LogP contribution in [0.15, 0.2) is 17.2 Å². The predicted molar refractivity (Wildman–Crippen MR) is 62.3 cm³/mol. The zero-order valence-corrected chi connectivity index (χ0v) is 10.0. The van der Waals surface area contributed by atoms with Crippen LogP contribution < -0.4 is 9.47 Å². The predicted octanol–water partition coefficient (Wildman–Crippen LogP) is 0.803. The Morgan fingerprint density at radius 1 is 1.39 bits per heavy atom. The van der Waals surface area contributed by atoms with Gasteiger partial charge in [0, 0.05) is 16.5 Å². The van der Waals surface area contributed by atoms with Gasteiger partial charge in [0.25, 0.3) is 0 Å². The molecular formula is C10H14N4O4. The van der Waals surface area contributed by atoms with Gasteiger partial charge in [-0.2, -0.15) is 4.98 Å². The fourth-order valence-corrected chi connectivity index (χ4v) is 1.36. The molecule has 0 saturated carbocycles. The van der Waals surface area contributed by atoms with Crippen LogP contribution in [0.5, 0.6) is 11.8 Å². The van der Waals surface area contributed by atoms with Gasteiger partial charge in [-0.1, -0.05) is 5.11 Å². The number of aliphatic hydroxyl groups is 2. The fraction of sp³-hybridized carbons (Fsp3) is 0.500. The molecule has 98 valence electrons. The summed E-state index contributed by atoms with van der Waals surface area (Å²) >= 11 is 0. The van der Waals surface area contributed by atoms with Crippen LogP contribution in [0.1, 0.15) is 11.7 Å². The molecule has 8 nitrogen and oxygen atoms in total. The van der Waals surface area contributed by atoms with Crippen molar-refractivity contribution < 1.29 is 19.7 Å². The van der Waals surface area contributed by atoms with Crippen molar-refractivity contribution in [2.45, 2.75) is 12.2 Å². The number of hydrogen-bond donors (Lipinski definition) is 2. The lowest BCUT2D eigenvalue weighted by atomic mass is 10.1. The molecule has 1 aromatic heterocycles. The molecule has 0 bridgehead atoms. The van der Waals surface area contributed by atoms with Crippen molar-refractivity contribution in [3.8, 4) is 11.8 Å². The van der Waals surface area contributed by atoms with Crippen LogP contribution in [-0.4, -0.2) is 42.1 Å². The van der Waals surface area contributed by atoms with Crippen LogP contribution in [0.3, 0.4) is 0 Å². The summed E-state index contributed by atoms with van der Waals surface area (Å²) in [6, 6.07) is 3.05. The summed E-state index contributed by atoms with van der Waals surface area (Å²) in [5.41, 5.74) is 8.44. The third-order valence-electron chi connectivity index (χ3n) is 2.28. The molecule has 0 fully saturated rings. The largest absolute Gasteiger partial charge is 0.481 e. The summed E-state index contributed by atoms with van der Waals surface area (Å²) in [6.45, 7) is -0.243. The van der Waals surface area contributed by atoms with E-state index in [1.165, 1.54) is 26.4 Å². The van der Waals surface area contributed by atoms with E-state index in [-0.39, 0.29) is 12.4 Å². The molecule has 0 spiro atoms. The minimum absolute atomic E-state index is 0.141. The zero-order valence-electron chi connectivity index (χ0n) is 10.0. The van der Waals surface area contributed by atoms with Crippen molar-refractivity contribution in [1.29, 1.82) is 0 Å². The Hall–Kier alpha value is -2.02. The van der Waals surface area contributed by atoms with E-state index < -0.39 is 12.2 Å². The molecule has 0 aromatic carbocycles. The zero-order chi connectivity index (χ0) is 13.5. The fourth-order valence-electron chi connectivity index (χ4n) is 1.36. The lowest BCUT2D eigenvalue weighted by Gasteiger charge is -2.18. The first kappa shape index (κ1) is 14.0. The highest BCUT2D eigenvalue weighted by Crippen LogP contribution is 2.27. The summed E-state index contributed by atoms with van der Waals surface area (Å²) < 4.78 is 9.91. The molecule has 8 heteroatoms. The van der Waals surface area contributed by atoms with Gasteiger partial charge in [-0.05, 0) is 11.6 Å². The summed E-state index contributed by atoms with van der Waals surface area (Å²) in [4.78, 5) is 6.48. The molecule has 2 unspecified atom stereocenters. The number of nitrogens with zero attached hydrogens (tertiary/aromatic N) is 4. The Balaban J connectivity index is 2.96. The minimum atomic E-state index is -1.26. The van der Waals surface area contributed by atoms with Gasteiger partial charge >= 0.3 is 0 Å². The van der Waals surface area contributed by atoms with Gasteiger partial charge in [-0.15, -0.1) is 0 Å². The number of azide groups is 1. The van der Waals surface area contributed by atoms with Gasteiger partial charge in [-0.3, -0.25) is 0 Å². The van der Waals surface area contributed by atoms with E-state index in [1.807, 2.05) is 0 Å². The van der Waals surface area contributed by atoms with E-state index in [9.17, 15) is 10.2 Å². The molecule has 0 aliphatic heterocycles. The van der Waals surface area contributed by atoms with Crippen molar-refractivity contribution in [1.82, 2.24) is 4.98 Å². The van der Waals surface area contributed by atoms with E-state index >= 15 is 0 Å². The third-order valence-corrected chi connectivity index (χ3v) is 2.28. The Kier molecular flexibility index (Phi) is 5.19. The summed E-state index contributed by atoms with van der Waals surface area (Å²) in [5.74, 6) is 0.467. The standard InChI is InChI=1S/C10H14N4O4/c1-17-8-4-3-6(10(13-8)18-2)9(16)7(15)5-12-14-11/h3-4,7,9,15-16H,5H2,1-2H3. The Morgan fingerprint density at radius 2 is 2.11 bits per heavy atom. The minimum Gasteiger partial charge on any atom is -0.481 e. The van der Waals surface area contributed by atoms with E-state index in [4.69, 9.17) is 15.0 Å². The first-order valence-corrected chi connectivity index (χ1v) is 5.10. The maximum atomic E-state index is 9.90. The summed E-state index contributed by atoms with van der Waals surface area (Å²) in [5, 5.41) is 22.7. The van der Waals surface area contributed by atoms with E-state index in [0.29, 0.717) is 11.4 Å². The van der Waals surface area contributed by atoms with Crippen LogP contribution in [0.2, 0.25) is 0 Å². The molecule has 18 heavy (non-hydrogen) atoms. The van der Waals surface area contributed by atoms with Gasteiger partial charge in [0.15, 0.2) is 0 Å². The lowest BCUT2D eigenvalue weighted by Crippen LogP contribution is -2.22. The van der Waals surface area contributed by atoms with Gasteiger partial charge in [0.1, 0.15) is 6.10 Å². The highest BCUT2D eigenvalue weighted by Gasteiger charge is 2.22. The van der Waals surface area contributed by atoms with E-state index in [1.54, 1.807) is 0 Å². The van der Waals surface area contributed by atoms with Crippen molar-refractivity contribution in [2.24, 2.45) is 5.11 Å². The number of aliphatic hydroxyl groups excluding tert-OH is 2. The van der Waals surface area contributed by atoms with Crippen LogP contribution in [-0.2, 0) is 0 Å². The number of hydrogen-bond acceptors (Lipinski definition) is 6. The second-order valence-corrected chi connectivity index (χ2v) is 3.38. The summed E-state index contributed by atoms with van der Waals surface area (Å²) in [7, 11) is 2.84. The topological polar surface area (TPSA) is 121 Å². The Labute approximate surface area is 103 Å². The molecule has 1 rings (SSSR count). The monoisotopic (exact) mass is 254 g/mol. The SMILES string of the molecule is COc1ccc(C(O)C(O)CN=[N+]=[N-])c(OC)n1. The first-order chi connectivity index (χ1) is 8.63. The molecule has 0 aliphatic carbocycles. The second kappa shape index (κ2) is 6.65. The average molecular weight is 254 g/mol. The maximum absolute atomic E-state index is 9.90. The van der Waals surface area contributed by atoms with E-state index in [2.05, 4.69) is 15.0 Å². The van der Waals surface area contributed by atoms with Crippen molar-refractivity contribution in [3.05, 3.63) is 28.1 Å². The molecule has 0 amide bonds. The number of methoxy groups -OCH3 is 2. The highest BCUT2D eigenvalue weighted by atomic mass is 16.5. The smallest absolute Gasteiger partial charge is 0.222 e. The maximum Gasteiger partial charge on any atom is 0.222 e. The molecule has 0 aliphatic rings. The van der Waals surface area contributed by atoms with Crippen LogP contribution in [0, 0.1) is 0 Å². The normalized spacial score (nSPS) is 13.3. The van der Waals surface area contributed by atoms with Crippen molar-refractivity contribution in [2.75, 3.05) is 20.8 Å². The van der Waals surface area contributed by atoms with Crippen LogP contribution in [0.4, 0.5) is 0 Å². The number of pyridine rings is 1. The molecule has 0 radical (unpaired) electrons. The van der Waals surface area contributed by atoms with Gasteiger partial charge < -0.3 is 19.7 Å².